The number of hydrogen-bond donors (Lipinski definition) is 0. The topological polar surface area (TPSA) is 9.23 Å². The molecule has 0 radical (unpaired) electrons. The molecule has 31 heavy (non-hydrogen) atoms. The number of hydrogen-bond acceptors (Lipinski definition) is 1. The Morgan fingerprint density at radius 2 is 1.48 bits per heavy atom. The molecule has 4 rings (SSSR count). The van der Waals surface area contributed by atoms with Gasteiger partial charge >= 0.3 is 6.36 Å². The Hall–Kier alpha value is -2.56. The molecule has 1 nitrogen and oxygen atoms in total. The van der Waals surface area contributed by atoms with Gasteiger partial charge in [-0.25, -0.2) is 4.39 Å². The Labute approximate surface area is 180 Å². The first-order chi connectivity index (χ1) is 14.8. The number of ether oxygens (including phenoxy) is 1. The molecule has 0 aliphatic heterocycles. The molecule has 0 unspecified atom stereocenters. The summed E-state index contributed by atoms with van der Waals surface area (Å²) in [6.45, 7) is 2.25. The molecule has 3 aromatic carbocycles. The van der Waals surface area contributed by atoms with Crippen LogP contribution in [0.1, 0.15) is 56.9 Å². The highest BCUT2D eigenvalue weighted by atomic mass is 19.4. The lowest BCUT2D eigenvalue weighted by Gasteiger charge is -2.28. The van der Waals surface area contributed by atoms with Gasteiger partial charge in [0.1, 0.15) is 0 Å². The second kappa shape index (κ2) is 8.89. The largest absolute Gasteiger partial charge is 0.573 e. The molecule has 0 amide bonds. The van der Waals surface area contributed by atoms with E-state index in [2.05, 4.69) is 29.9 Å². The summed E-state index contributed by atoms with van der Waals surface area (Å²) in [5, 5.41) is 2.14. The van der Waals surface area contributed by atoms with Crippen molar-refractivity contribution < 1.29 is 22.3 Å². The van der Waals surface area contributed by atoms with Crippen LogP contribution in [0.5, 0.6) is 5.75 Å². The van der Waals surface area contributed by atoms with Crippen LogP contribution in [0.15, 0.2) is 54.6 Å². The van der Waals surface area contributed by atoms with E-state index in [0.29, 0.717) is 11.5 Å². The maximum atomic E-state index is 14.1. The van der Waals surface area contributed by atoms with E-state index in [1.54, 1.807) is 0 Å². The zero-order valence-corrected chi connectivity index (χ0v) is 17.5. The van der Waals surface area contributed by atoms with Crippen LogP contribution in [0.3, 0.4) is 0 Å². The molecule has 0 aromatic heterocycles. The molecule has 0 heterocycles. The minimum atomic E-state index is -4.92. The van der Waals surface area contributed by atoms with Gasteiger partial charge in [-0.3, -0.25) is 0 Å². The molecule has 0 saturated heterocycles. The number of halogens is 4. The van der Waals surface area contributed by atoms with Crippen molar-refractivity contribution in [2.45, 2.75) is 57.7 Å². The predicted octanol–water partition coefficient (Wildman–Crippen LogP) is 8.62. The molecular formula is C26H26F4O. The predicted molar refractivity (Wildman–Crippen MR) is 116 cm³/mol. The van der Waals surface area contributed by atoms with E-state index in [1.165, 1.54) is 50.2 Å². The molecule has 1 saturated carbocycles. The Bertz CT molecular complexity index is 1050. The number of rotatable bonds is 5. The van der Waals surface area contributed by atoms with Crippen LogP contribution in [0.25, 0.3) is 21.9 Å². The Kier molecular flexibility index (Phi) is 6.22. The van der Waals surface area contributed by atoms with Crippen LogP contribution >= 0.6 is 0 Å². The van der Waals surface area contributed by atoms with E-state index < -0.39 is 17.9 Å². The minimum Gasteiger partial charge on any atom is -0.403 e. The van der Waals surface area contributed by atoms with Crippen molar-refractivity contribution in [2.75, 3.05) is 0 Å². The van der Waals surface area contributed by atoms with E-state index in [9.17, 15) is 17.6 Å². The van der Waals surface area contributed by atoms with Crippen molar-refractivity contribution in [3.63, 3.8) is 0 Å². The van der Waals surface area contributed by atoms with Gasteiger partial charge in [0.15, 0.2) is 11.6 Å². The highest BCUT2D eigenvalue weighted by molar-refractivity contribution is 5.88. The van der Waals surface area contributed by atoms with Gasteiger partial charge in [-0.1, -0.05) is 56.2 Å². The summed E-state index contributed by atoms with van der Waals surface area (Å²) in [6, 6.07) is 15.8. The van der Waals surface area contributed by atoms with Crippen molar-refractivity contribution in [1.82, 2.24) is 0 Å². The van der Waals surface area contributed by atoms with Gasteiger partial charge in [-0.05, 0) is 83.2 Å². The quantitative estimate of drug-likeness (QED) is 0.368. The maximum Gasteiger partial charge on any atom is 0.573 e. The Morgan fingerprint density at radius 1 is 0.839 bits per heavy atom. The SMILES string of the molecule is CCCC1CCC(c2ccc3cc(-c4ccc(OC(F)(F)F)c(F)c4)ccc3c2)CC1. The zero-order chi connectivity index (χ0) is 22.0. The molecular weight excluding hydrogens is 404 g/mol. The van der Waals surface area contributed by atoms with E-state index in [4.69, 9.17) is 0 Å². The van der Waals surface area contributed by atoms with Crippen LogP contribution < -0.4 is 4.74 Å². The molecule has 0 N–H and O–H groups in total. The summed E-state index contributed by atoms with van der Waals surface area (Å²) in [7, 11) is 0. The molecule has 1 aliphatic rings. The highest BCUT2D eigenvalue weighted by Crippen LogP contribution is 2.39. The van der Waals surface area contributed by atoms with Crippen molar-refractivity contribution in [3.8, 4) is 16.9 Å². The van der Waals surface area contributed by atoms with Crippen LogP contribution in [-0.4, -0.2) is 6.36 Å². The summed E-state index contributed by atoms with van der Waals surface area (Å²) in [6.07, 6.45) is 2.74. The second-order valence-corrected chi connectivity index (χ2v) is 8.52. The lowest BCUT2D eigenvalue weighted by atomic mass is 9.77. The van der Waals surface area contributed by atoms with E-state index in [-0.39, 0.29) is 0 Å². The fourth-order valence-corrected chi connectivity index (χ4v) is 4.78. The Balaban J connectivity index is 1.53. The molecule has 5 heteroatoms. The third-order valence-electron chi connectivity index (χ3n) is 6.37. The van der Waals surface area contributed by atoms with Crippen LogP contribution in [0.4, 0.5) is 17.6 Å². The molecule has 3 aromatic rings. The van der Waals surface area contributed by atoms with Gasteiger partial charge in [-0.15, -0.1) is 13.2 Å². The third kappa shape index (κ3) is 5.20. The Morgan fingerprint density at radius 3 is 2.16 bits per heavy atom. The smallest absolute Gasteiger partial charge is 0.403 e. The lowest BCUT2D eigenvalue weighted by Crippen LogP contribution is -2.17. The first-order valence-corrected chi connectivity index (χ1v) is 10.9. The summed E-state index contributed by atoms with van der Waals surface area (Å²) in [4.78, 5) is 0. The molecule has 0 bridgehead atoms. The molecule has 1 aliphatic carbocycles. The monoisotopic (exact) mass is 430 g/mol. The van der Waals surface area contributed by atoms with Crippen LogP contribution in [-0.2, 0) is 0 Å². The molecule has 1 fully saturated rings. The number of fused-ring (bicyclic) bond motifs is 1. The standard InChI is InChI=1S/C26H26F4O/c1-2-3-17-4-6-18(7-5-17)19-8-9-21-15-22(11-10-20(21)14-19)23-12-13-25(24(27)16-23)31-26(28,29)30/h8-18H,2-7H2,1H3. The van der Waals surface area contributed by atoms with Crippen LogP contribution in [0.2, 0.25) is 0 Å². The van der Waals surface area contributed by atoms with Gasteiger partial charge < -0.3 is 4.74 Å². The van der Waals surface area contributed by atoms with Gasteiger partial charge in [0.2, 0.25) is 0 Å². The number of alkyl halides is 3. The summed E-state index contributed by atoms with van der Waals surface area (Å²) < 4.78 is 54.9. The van der Waals surface area contributed by atoms with Crippen molar-refractivity contribution in [1.29, 1.82) is 0 Å². The van der Waals surface area contributed by atoms with Gasteiger partial charge in [-0.2, -0.15) is 0 Å². The van der Waals surface area contributed by atoms with Crippen molar-refractivity contribution >= 4 is 10.8 Å². The normalized spacial score (nSPS) is 19.5. The average Bonchev–Trinajstić information content (AvgIpc) is 2.74. The molecule has 0 spiro atoms. The fourth-order valence-electron chi connectivity index (χ4n) is 4.78. The van der Waals surface area contributed by atoms with E-state index in [1.807, 2.05) is 18.2 Å². The van der Waals surface area contributed by atoms with Gasteiger partial charge in [0.05, 0.1) is 0 Å². The first kappa shape index (κ1) is 21.7. The summed E-state index contributed by atoms with van der Waals surface area (Å²) >= 11 is 0. The summed E-state index contributed by atoms with van der Waals surface area (Å²) in [5.41, 5.74) is 2.62. The molecule has 164 valence electrons. The maximum absolute atomic E-state index is 14.1. The van der Waals surface area contributed by atoms with E-state index >= 15 is 0 Å². The number of benzene rings is 3. The van der Waals surface area contributed by atoms with Crippen molar-refractivity contribution in [2.24, 2.45) is 5.92 Å². The lowest BCUT2D eigenvalue weighted by molar-refractivity contribution is -0.275. The third-order valence-corrected chi connectivity index (χ3v) is 6.37. The minimum absolute atomic E-state index is 0.507. The second-order valence-electron chi connectivity index (χ2n) is 8.52. The zero-order valence-electron chi connectivity index (χ0n) is 17.5. The average molecular weight is 430 g/mol. The summed E-state index contributed by atoms with van der Waals surface area (Å²) in [5.74, 6) is -0.385. The fraction of sp³-hybridized carbons (Fsp3) is 0.385. The van der Waals surface area contributed by atoms with E-state index in [0.717, 1.165) is 34.4 Å². The molecule has 0 atom stereocenters. The van der Waals surface area contributed by atoms with Gasteiger partial charge in [0.25, 0.3) is 0 Å². The van der Waals surface area contributed by atoms with Crippen molar-refractivity contribution in [3.05, 3.63) is 66.0 Å². The highest BCUT2D eigenvalue weighted by Gasteiger charge is 2.32. The first-order valence-electron chi connectivity index (χ1n) is 10.9. The van der Waals surface area contributed by atoms with Gasteiger partial charge in [0, 0.05) is 0 Å². The van der Waals surface area contributed by atoms with Crippen LogP contribution in [0, 0.1) is 11.7 Å².